The molecule has 1 atom stereocenters. The fourth-order valence-corrected chi connectivity index (χ4v) is 4.29. The van der Waals surface area contributed by atoms with Crippen LogP contribution in [0.4, 0.5) is 5.13 Å². The van der Waals surface area contributed by atoms with Crippen LogP contribution < -0.4 is 4.90 Å². The maximum absolute atomic E-state index is 12.9. The van der Waals surface area contributed by atoms with Crippen LogP contribution in [0.2, 0.25) is 0 Å². The predicted octanol–water partition coefficient (Wildman–Crippen LogP) is 2.65. The van der Waals surface area contributed by atoms with Crippen LogP contribution in [-0.4, -0.2) is 45.5 Å². The summed E-state index contributed by atoms with van der Waals surface area (Å²) < 4.78 is 0. The van der Waals surface area contributed by atoms with E-state index in [0.29, 0.717) is 18.2 Å². The number of anilines is 1. The Bertz CT molecular complexity index is 1020. The molecule has 0 aliphatic carbocycles. The molecule has 0 spiro atoms. The van der Waals surface area contributed by atoms with Crippen molar-refractivity contribution in [3.8, 4) is 0 Å². The SMILES string of the molecule is Cc1nnc(N2CC(C(=O)N(C)Cc3[nH]c4ccccc4c3C)CC2=O)s1. The summed E-state index contributed by atoms with van der Waals surface area (Å²) in [5, 5.41) is 10.5. The van der Waals surface area contributed by atoms with Gasteiger partial charge in [-0.15, -0.1) is 10.2 Å². The molecular weight excluding hydrogens is 362 g/mol. The quantitative estimate of drug-likeness (QED) is 0.751. The average molecular weight is 383 g/mol. The zero-order valence-corrected chi connectivity index (χ0v) is 16.3. The van der Waals surface area contributed by atoms with Crippen molar-refractivity contribution in [3.63, 3.8) is 0 Å². The van der Waals surface area contributed by atoms with Crippen LogP contribution >= 0.6 is 11.3 Å². The van der Waals surface area contributed by atoms with Gasteiger partial charge in [0.25, 0.3) is 0 Å². The number of aromatic amines is 1. The molecule has 7 nitrogen and oxygen atoms in total. The molecule has 1 saturated heterocycles. The first-order chi connectivity index (χ1) is 12.9. The van der Waals surface area contributed by atoms with Crippen LogP contribution in [0.1, 0.15) is 22.7 Å². The number of amides is 2. The van der Waals surface area contributed by atoms with Crippen LogP contribution in [0.15, 0.2) is 24.3 Å². The zero-order valence-electron chi connectivity index (χ0n) is 15.5. The summed E-state index contributed by atoms with van der Waals surface area (Å²) in [4.78, 5) is 31.9. The lowest BCUT2D eigenvalue weighted by molar-refractivity contribution is -0.135. The zero-order chi connectivity index (χ0) is 19.1. The number of carbonyl (C=O) groups is 2. The number of carbonyl (C=O) groups excluding carboxylic acids is 2. The van der Waals surface area contributed by atoms with E-state index >= 15 is 0 Å². The lowest BCUT2D eigenvalue weighted by Crippen LogP contribution is -2.34. The van der Waals surface area contributed by atoms with Crippen molar-refractivity contribution in [3.05, 3.63) is 40.5 Å². The molecule has 0 bridgehead atoms. The highest BCUT2D eigenvalue weighted by atomic mass is 32.1. The molecule has 1 N–H and O–H groups in total. The molecule has 2 aromatic heterocycles. The molecule has 1 unspecified atom stereocenters. The first kappa shape index (κ1) is 17.7. The molecule has 1 aromatic carbocycles. The number of para-hydroxylation sites is 1. The molecule has 1 fully saturated rings. The van der Waals surface area contributed by atoms with Crippen molar-refractivity contribution >= 4 is 39.2 Å². The smallest absolute Gasteiger partial charge is 0.229 e. The van der Waals surface area contributed by atoms with Crippen LogP contribution in [0.5, 0.6) is 0 Å². The second kappa shape index (κ2) is 6.77. The van der Waals surface area contributed by atoms with Gasteiger partial charge in [0.05, 0.1) is 12.5 Å². The Labute approximate surface area is 161 Å². The van der Waals surface area contributed by atoms with Gasteiger partial charge in [0, 0.05) is 36.6 Å². The standard InChI is InChI=1S/C19H21N5O2S/c1-11-14-6-4-5-7-15(14)20-16(11)10-23(3)18(26)13-8-17(25)24(9-13)19-22-21-12(2)27-19/h4-7,13,20H,8-10H2,1-3H3. The van der Waals surface area contributed by atoms with Gasteiger partial charge >= 0.3 is 0 Å². The fraction of sp³-hybridized carbons (Fsp3) is 0.368. The molecule has 3 heterocycles. The van der Waals surface area contributed by atoms with Gasteiger partial charge in [0.15, 0.2) is 0 Å². The Hall–Kier alpha value is -2.74. The number of rotatable bonds is 4. The molecule has 4 rings (SSSR count). The fourth-order valence-electron chi connectivity index (χ4n) is 3.58. The van der Waals surface area contributed by atoms with Gasteiger partial charge < -0.3 is 9.88 Å². The molecule has 0 radical (unpaired) electrons. The number of hydrogen-bond acceptors (Lipinski definition) is 5. The number of nitrogens with zero attached hydrogens (tertiary/aromatic N) is 4. The van der Waals surface area contributed by atoms with E-state index in [4.69, 9.17) is 0 Å². The Morgan fingerprint density at radius 1 is 1.33 bits per heavy atom. The summed E-state index contributed by atoms with van der Waals surface area (Å²) in [6.07, 6.45) is 0.216. The maximum atomic E-state index is 12.9. The molecule has 1 aliphatic heterocycles. The van der Waals surface area contributed by atoms with E-state index in [9.17, 15) is 9.59 Å². The van der Waals surface area contributed by atoms with E-state index in [1.807, 2.05) is 25.1 Å². The van der Waals surface area contributed by atoms with Gasteiger partial charge in [-0.05, 0) is 25.5 Å². The predicted molar refractivity (Wildman–Crippen MR) is 105 cm³/mol. The minimum absolute atomic E-state index is 0.0230. The van der Waals surface area contributed by atoms with Gasteiger partial charge in [-0.2, -0.15) is 0 Å². The Kier molecular flexibility index (Phi) is 4.43. The van der Waals surface area contributed by atoms with E-state index in [-0.39, 0.29) is 24.2 Å². The lowest BCUT2D eigenvalue weighted by Gasteiger charge is -2.20. The van der Waals surface area contributed by atoms with Gasteiger partial charge in [-0.3, -0.25) is 14.5 Å². The van der Waals surface area contributed by atoms with Gasteiger partial charge in [-0.1, -0.05) is 29.5 Å². The van der Waals surface area contributed by atoms with E-state index in [0.717, 1.165) is 21.8 Å². The summed E-state index contributed by atoms with van der Waals surface area (Å²) in [7, 11) is 1.79. The summed E-state index contributed by atoms with van der Waals surface area (Å²) in [5.41, 5.74) is 3.24. The molecule has 140 valence electrons. The van der Waals surface area contributed by atoms with Crippen molar-refractivity contribution in [1.29, 1.82) is 0 Å². The molecule has 3 aromatic rings. The van der Waals surface area contributed by atoms with Crippen LogP contribution in [-0.2, 0) is 16.1 Å². The summed E-state index contributed by atoms with van der Waals surface area (Å²) in [5.74, 6) is -0.443. The lowest BCUT2D eigenvalue weighted by atomic mass is 10.1. The average Bonchev–Trinajstić information content (AvgIpc) is 3.33. The molecular formula is C19H21N5O2S. The van der Waals surface area contributed by atoms with Crippen molar-refractivity contribution in [2.45, 2.75) is 26.8 Å². The number of H-pyrrole nitrogens is 1. The molecule has 1 aliphatic rings. The van der Waals surface area contributed by atoms with E-state index in [1.165, 1.54) is 16.7 Å². The topological polar surface area (TPSA) is 82.2 Å². The Balaban J connectivity index is 1.47. The number of aromatic nitrogens is 3. The van der Waals surface area contributed by atoms with Gasteiger partial charge in [0.1, 0.15) is 5.01 Å². The first-order valence-electron chi connectivity index (χ1n) is 8.85. The molecule has 0 saturated carbocycles. The highest BCUT2D eigenvalue weighted by molar-refractivity contribution is 7.15. The minimum Gasteiger partial charge on any atom is -0.357 e. The molecule has 8 heteroatoms. The third kappa shape index (κ3) is 3.21. The summed E-state index contributed by atoms with van der Waals surface area (Å²) >= 11 is 1.37. The summed E-state index contributed by atoms with van der Waals surface area (Å²) in [6, 6.07) is 8.11. The van der Waals surface area contributed by atoms with E-state index < -0.39 is 0 Å². The van der Waals surface area contributed by atoms with E-state index in [1.54, 1.807) is 16.8 Å². The highest BCUT2D eigenvalue weighted by Gasteiger charge is 2.38. The van der Waals surface area contributed by atoms with Crippen LogP contribution in [0, 0.1) is 19.8 Å². The first-order valence-corrected chi connectivity index (χ1v) is 9.67. The number of hydrogen-bond donors (Lipinski definition) is 1. The third-order valence-electron chi connectivity index (χ3n) is 5.06. The monoisotopic (exact) mass is 383 g/mol. The summed E-state index contributed by atoms with van der Waals surface area (Å²) in [6.45, 7) is 4.76. The van der Waals surface area contributed by atoms with Crippen LogP contribution in [0.3, 0.4) is 0 Å². The van der Waals surface area contributed by atoms with Crippen molar-refractivity contribution in [1.82, 2.24) is 20.1 Å². The maximum Gasteiger partial charge on any atom is 0.229 e. The van der Waals surface area contributed by atoms with E-state index in [2.05, 4.69) is 28.2 Å². The van der Waals surface area contributed by atoms with Gasteiger partial charge in [-0.25, -0.2) is 0 Å². The Morgan fingerprint density at radius 3 is 2.81 bits per heavy atom. The number of benzene rings is 1. The van der Waals surface area contributed by atoms with Crippen LogP contribution in [0.25, 0.3) is 10.9 Å². The van der Waals surface area contributed by atoms with Crippen molar-refractivity contribution in [2.75, 3.05) is 18.5 Å². The largest absolute Gasteiger partial charge is 0.357 e. The second-order valence-corrected chi connectivity index (χ2v) is 8.14. The number of fused-ring (bicyclic) bond motifs is 1. The van der Waals surface area contributed by atoms with Crippen molar-refractivity contribution < 1.29 is 9.59 Å². The molecule has 2 amide bonds. The van der Waals surface area contributed by atoms with Gasteiger partial charge in [0.2, 0.25) is 16.9 Å². The normalized spacial score (nSPS) is 17.1. The highest BCUT2D eigenvalue weighted by Crippen LogP contribution is 2.29. The Morgan fingerprint density at radius 2 is 2.11 bits per heavy atom. The third-order valence-corrected chi connectivity index (χ3v) is 5.92. The second-order valence-electron chi connectivity index (χ2n) is 6.98. The number of nitrogens with one attached hydrogen (secondary N) is 1. The minimum atomic E-state index is -0.351. The molecule has 27 heavy (non-hydrogen) atoms. The number of aryl methyl sites for hydroxylation is 2. The van der Waals surface area contributed by atoms with Crippen molar-refractivity contribution in [2.24, 2.45) is 5.92 Å².